The maximum atomic E-state index is 12.5. The molecule has 10 heteroatoms. The Labute approximate surface area is 275 Å². The third kappa shape index (κ3) is 32.2. The minimum absolute atomic E-state index is 0.00498. The van der Waals surface area contributed by atoms with E-state index in [1.807, 2.05) is 19.0 Å². The van der Waals surface area contributed by atoms with Crippen LogP contribution >= 0.6 is 7.82 Å². The lowest BCUT2D eigenvalue weighted by atomic mass is 10.1. The number of rotatable bonds is 32. The Morgan fingerprint density at radius 1 is 0.667 bits per heavy atom. The Hall–Kier alpha value is -1.51. The number of phosphoric ester groups is 1. The van der Waals surface area contributed by atoms with Crippen LogP contribution in [-0.4, -0.2) is 68.3 Å². The zero-order valence-electron chi connectivity index (χ0n) is 29.1. The lowest BCUT2D eigenvalue weighted by molar-refractivity contribution is -0.161. The smallest absolute Gasteiger partial charge is 0.462 e. The molecule has 0 heterocycles. The van der Waals surface area contributed by atoms with Crippen molar-refractivity contribution in [2.24, 2.45) is 0 Å². The van der Waals surface area contributed by atoms with Crippen LogP contribution in [0.2, 0.25) is 0 Å². The Morgan fingerprint density at radius 3 is 1.64 bits per heavy atom. The highest BCUT2D eigenvalue weighted by molar-refractivity contribution is 7.47. The quantitative estimate of drug-likeness (QED) is 0.0327. The molecule has 0 aromatic carbocycles. The zero-order chi connectivity index (χ0) is 33.4. The second-order valence-corrected chi connectivity index (χ2v) is 13.5. The maximum absolute atomic E-state index is 12.5. The fraction of sp³-hybridized carbons (Fsp3) is 0.829. The minimum atomic E-state index is -4.35. The van der Waals surface area contributed by atoms with Crippen molar-refractivity contribution in [2.75, 3.05) is 40.5 Å². The van der Waals surface area contributed by atoms with Gasteiger partial charge in [-0.15, -0.1) is 0 Å². The number of likely N-dealkylation sites (N-methyl/N-ethyl adjacent to an activating group) is 1. The van der Waals surface area contributed by atoms with Crippen LogP contribution in [0.1, 0.15) is 142 Å². The van der Waals surface area contributed by atoms with Gasteiger partial charge in [0.25, 0.3) is 0 Å². The molecule has 45 heavy (non-hydrogen) atoms. The van der Waals surface area contributed by atoms with Crippen molar-refractivity contribution in [3.8, 4) is 0 Å². The Balaban J connectivity index is 4.44. The molecule has 0 amide bonds. The van der Waals surface area contributed by atoms with Gasteiger partial charge in [0.15, 0.2) is 6.10 Å². The summed E-state index contributed by atoms with van der Waals surface area (Å²) in [5.74, 6) is -0.829. The van der Waals surface area contributed by atoms with Gasteiger partial charge in [-0.05, 0) is 65.5 Å². The fourth-order valence-electron chi connectivity index (χ4n) is 4.41. The summed E-state index contributed by atoms with van der Waals surface area (Å²) in [6, 6.07) is 0. The number of allylic oxidation sites excluding steroid dienone is 4. The van der Waals surface area contributed by atoms with Crippen LogP contribution < -0.4 is 0 Å². The number of unbranched alkanes of at least 4 members (excludes halogenated alkanes) is 14. The number of phosphoric acid groups is 1. The van der Waals surface area contributed by atoms with Crippen molar-refractivity contribution in [2.45, 2.75) is 148 Å². The summed E-state index contributed by atoms with van der Waals surface area (Å²) in [6.07, 6.45) is 28.0. The second kappa shape index (κ2) is 31.1. The van der Waals surface area contributed by atoms with Crippen LogP contribution in [0, 0.1) is 0 Å². The van der Waals surface area contributed by atoms with Crippen molar-refractivity contribution in [1.82, 2.24) is 4.90 Å². The molecule has 264 valence electrons. The molecule has 0 bridgehead atoms. The van der Waals surface area contributed by atoms with Crippen LogP contribution in [-0.2, 0) is 32.7 Å². The molecule has 2 unspecified atom stereocenters. The van der Waals surface area contributed by atoms with Gasteiger partial charge in [-0.2, -0.15) is 0 Å². The van der Waals surface area contributed by atoms with Gasteiger partial charge in [0.05, 0.1) is 13.2 Å². The van der Waals surface area contributed by atoms with E-state index in [9.17, 15) is 19.0 Å². The van der Waals surface area contributed by atoms with E-state index in [1.54, 1.807) is 0 Å². The SMILES string of the molecule is CCCC/C=C\CCCCCCCC(=O)OCC(COP(=O)(O)OCCN(C)C)OC(=O)CCCCCCC/C=C\CCCC. The van der Waals surface area contributed by atoms with Crippen molar-refractivity contribution in [3.05, 3.63) is 24.3 Å². The van der Waals surface area contributed by atoms with Gasteiger partial charge in [-0.25, -0.2) is 4.57 Å². The predicted molar refractivity (Wildman–Crippen MR) is 183 cm³/mol. The normalized spacial score (nSPS) is 13.9. The van der Waals surface area contributed by atoms with Crippen molar-refractivity contribution >= 4 is 19.8 Å². The van der Waals surface area contributed by atoms with Gasteiger partial charge in [0.1, 0.15) is 6.61 Å². The number of carbonyl (C=O) groups excluding carboxylic acids is 2. The number of esters is 2. The highest BCUT2D eigenvalue weighted by atomic mass is 31.2. The van der Waals surface area contributed by atoms with Gasteiger partial charge >= 0.3 is 19.8 Å². The van der Waals surface area contributed by atoms with Gasteiger partial charge in [-0.1, -0.05) is 102 Å². The van der Waals surface area contributed by atoms with E-state index in [-0.39, 0.29) is 32.0 Å². The zero-order valence-corrected chi connectivity index (χ0v) is 30.0. The molecule has 0 saturated heterocycles. The number of carbonyl (C=O) groups is 2. The molecule has 0 fully saturated rings. The Bertz CT molecular complexity index is 817. The number of hydrogen-bond acceptors (Lipinski definition) is 8. The molecule has 9 nitrogen and oxygen atoms in total. The molecule has 1 N–H and O–H groups in total. The molecule has 0 aliphatic carbocycles. The Kier molecular flexibility index (Phi) is 30.1. The summed E-state index contributed by atoms with van der Waals surface area (Å²) < 4.78 is 33.2. The standard InChI is InChI=1S/C35H66NO8P/c1-5-7-9-11-13-15-17-19-21-23-25-27-34(37)41-31-33(32-43-45(39,40)42-30-29-36(3)4)44-35(38)28-26-24-22-20-18-16-14-12-10-8-6-2/h11-14,33H,5-10,15-32H2,1-4H3,(H,39,40)/b13-11-,14-12-. The molecule has 0 aliphatic heterocycles. The van der Waals surface area contributed by atoms with Crippen molar-refractivity contribution in [1.29, 1.82) is 0 Å². The van der Waals surface area contributed by atoms with E-state index in [0.717, 1.165) is 83.5 Å². The van der Waals surface area contributed by atoms with E-state index in [2.05, 4.69) is 38.2 Å². The van der Waals surface area contributed by atoms with E-state index in [1.165, 1.54) is 25.7 Å². The molecule has 0 radical (unpaired) electrons. The Morgan fingerprint density at radius 2 is 1.13 bits per heavy atom. The summed E-state index contributed by atoms with van der Waals surface area (Å²) in [6.45, 7) is 4.19. The summed E-state index contributed by atoms with van der Waals surface area (Å²) in [4.78, 5) is 36.7. The van der Waals surface area contributed by atoms with Crippen LogP contribution in [0.15, 0.2) is 24.3 Å². The first kappa shape index (κ1) is 43.5. The van der Waals surface area contributed by atoms with Gasteiger partial charge < -0.3 is 19.3 Å². The van der Waals surface area contributed by atoms with Crippen molar-refractivity contribution in [3.63, 3.8) is 0 Å². The first-order chi connectivity index (χ1) is 21.7. The van der Waals surface area contributed by atoms with E-state index < -0.39 is 26.5 Å². The van der Waals surface area contributed by atoms with E-state index in [4.69, 9.17) is 18.5 Å². The van der Waals surface area contributed by atoms with Crippen LogP contribution in [0.3, 0.4) is 0 Å². The lowest BCUT2D eigenvalue weighted by Gasteiger charge is -2.20. The fourth-order valence-corrected chi connectivity index (χ4v) is 5.15. The summed E-state index contributed by atoms with van der Waals surface area (Å²) in [5.41, 5.74) is 0. The van der Waals surface area contributed by atoms with Crippen LogP contribution in [0.4, 0.5) is 0 Å². The number of hydrogen-bond donors (Lipinski definition) is 1. The minimum Gasteiger partial charge on any atom is -0.462 e. The van der Waals surface area contributed by atoms with Gasteiger partial charge in [0, 0.05) is 19.4 Å². The summed E-state index contributed by atoms with van der Waals surface area (Å²) in [7, 11) is -0.716. The topological polar surface area (TPSA) is 112 Å². The molecule has 2 atom stereocenters. The maximum Gasteiger partial charge on any atom is 0.472 e. The second-order valence-electron chi connectivity index (χ2n) is 12.0. The van der Waals surface area contributed by atoms with Gasteiger partial charge in [0.2, 0.25) is 0 Å². The third-order valence-corrected chi connectivity index (χ3v) is 8.21. The molecule has 0 rings (SSSR count). The van der Waals surface area contributed by atoms with Gasteiger partial charge in [-0.3, -0.25) is 18.6 Å². The van der Waals surface area contributed by atoms with Crippen LogP contribution in [0.5, 0.6) is 0 Å². The number of ether oxygens (including phenoxy) is 2. The molecule has 0 aromatic heterocycles. The molecule has 0 aliphatic rings. The molecular formula is C35H66NO8P. The lowest BCUT2D eigenvalue weighted by Crippen LogP contribution is -2.29. The number of nitrogens with zero attached hydrogens (tertiary/aromatic N) is 1. The largest absolute Gasteiger partial charge is 0.472 e. The molecule has 0 spiro atoms. The molecule has 0 saturated carbocycles. The highest BCUT2D eigenvalue weighted by Crippen LogP contribution is 2.43. The first-order valence-electron chi connectivity index (χ1n) is 17.6. The van der Waals surface area contributed by atoms with E-state index in [0.29, 0.717) is 13.0 Å². The molecular weight excluding hydrogens is 593 g/mol. The van der Waals surface area contributed by atoms with Crippen molar-refractivity contribution < 1.29 is 37.6 Å². The third-order valence-electron chi connectivity index (χ3n) is 7.23. The summed E-state index contributed by atoms with van der Waals surface area (Å²) >= 11 is 0. The first-order valence-corrected chi connectivity index (χ1v) is 19.1. The van der Waals surface area contributed by atoms with Crippen LogP contribution in [0.25, 0.3) is 0 Å². The highest BCUT2D eigenvalue weighted by Gasteiger charge is 2.26. The monoisotopic (exact) mass is 659 g/mol. The average molecular weight is 660 g/mol. The molecule has 0 aromatic rings. The van der Waals surface area contributed by atoms with E-state index >= 15 is 0 Å². The average Bonchev–Trinajstić information content (AvgIpc) is 2.99. The predicted octanol–water partition coefficient (Wildman–Crippen LogP) is 9.09. The summed E-state index contributed by atoms with van der Waals surface area (Å²) in [5, 5.41) is 0.